The van der Waals surface area contributed by atoms with Crippen LogP contribution in [-0.4, -0.2) is 40.6 Å². The molecule has 0 amide bonds. The van der Waals surface area contributed by atoms with Crippen LogP contribution in [0.4, 0.5) is 0 Å². The molecule has 1 N–H and O–H groups in total. The number of hydrogen-bond donors (Lipinski definition) is 1. The van der Waals surface area contributed by atoms with Crippen LogP contribution < -0.4 is 0 Å². The molecule has 0 rings (SSSR count). The summed E-state index contributed by atoms with van der Waals surface area (Å²) >= 11 is -4.81. The van der Waals surface area contributed by atoms with E-state index < -0.39 is 13.4 Å². The Balaban J connectivity index is -0.0000000417. The first-order valence-corrected chi connectivity index (χ1v) is 4.25. The van der Waals surface area contributed by atoms with Gasteiger partial charge >= 0.3 is 61.4 Å². The Morgan fingerprint density at radius 3 is 1.86 bits per heavy atom. The van der Waals surface area contributed by atoms with Crippen LogP contribution in [0.15, 0.2) is 0 Å². The van der Waals surface area contributed by atoms with Gasteiger partial charge in [0.05, 0.1) is 0 Å². The molecule has 0 aliphatic carbocycles. The van der Waals surface area contributed by atoms with Crippen LogP contribution in [0.25, 0.3) is 0 Å². The maximum Gasteiger partial charge on any atom is 2.00 e. The normalized spacial score (nSPS) is 10.0. The van der Waals surface area contributed by atoms with E-state index in [2.05, 4.69) is 3.61 Å². The van der Waals surface area contributed by atoms with Gasteiger partial charge < -0.3 is 2.85 Å². The molecule has 0 radical (unpaired) electrons. The van der Waals surface area contributed by atoms with Gasteiger partial charge in [0.15, 0.2) is 0 Å². The van der Waals surface area contributed by atoms with E-state index in [1.54, 1.807) is 0 Å². The molecule has 0 fully saturated rings. The van der Waals surface area contributed by atoms with Crippen LogP contribution in [-0.2, 0) is 11.3 Å². The second kappa shape index (κ2) is 4.15. The van der Waals surface area contributed by atoms with E-state index in [1.165, 1.54) is 9.47 Å². The standard InChI is InChI=1S/Mg.H3O4PSe.2H/c;1-6(2,3)4-5;;/h;5H2,(H,1,2,3);;/q+2;;2*-1. The van der Waals surface area contributed by atoms with Gasteiger partial charge in [-0.25, -0.2) is 0 Å². The van der Waals surface area contributed by atoms with Gasteiger partial charge in [-0.3, -0.25) is 0 Å². The van der Waals surface area contributed by atoms with Gasteiger partial charge in [-0.15, -0.1) is 0 Å². The fraction of sp³-hybridized carbons (Fsp3) is 0. The molecule has 7 heteroatoms. The van der Waals surface area contributed by atoms with Crippen LogP contribution in [0.5, 0.6) is 0 Å². The Morgan fingerprint density at radius 2 is 1.86 bits per heavy atom. The van der Waals surface area contributed by atoms with Crippen molar-refractivity contribution in [2.45, 2.75) is 0 Å². The van der Waals surface area contributed by atoms with Gasteiger partial charge in [-0.1, -0.05) is 0 Å². The third-order valence-electron chi connectivity index (χ3n) is 0.122. The summed E-state index contributed by atoms with van der Waals surface area (Å²) in [6.07, 6.45) is 0. The molecule has 42 valence electrons. The molecule has 4 nitrogen and oxygen atoms in total. The summed E-state index contributed by atoms with van der Waals surface area (Å²) in [5, 5.41) is 0. The predicted molar refractivity (Wildman–Crippen MR) is 28.1 cm³/mol. The molecular formula is H5MgO4PSe. The van der Waals surface area contributed by atoms with E-state index in [1.807, 2.05) is 0 Å². The Labute approximate surface area is 64.3 Å². The first kappa shape index (κ1) is 11.1. The molecule has 0 aromatic heterocycles. The van der Waals surface area contributed by atoms with Crippen molar-refractivity contribution in [3.63, 3.8) is 0 Å². The zero-order chi connectivity index (χ0) is 5.21. The Morgan fingerprint density at radius 1 is 1.71 bits per heavy atom. The van der Waals surface area contributed by atoms with E-state index in [4.69, 9.17) is 4.19 Å². The first-order chi connectivity index (χ1) is 2.56. The third kappa shape index (κ3) is 11.1. The van der Waals surface area contributed by atoms with Crippen molar-refractivity contribution < 1.29 is 18.3 Å². The summed E-state index contributed by atoms with van der Waals surface area (Å²) in [6, 6.07) is 0. The smallest absolute Gasteiger partial charge is 1.00 e. The van der Waals surface area contributed by atoms with Crippen molar-refractivity contribution in [1.29, 1.82) is 0 Å². The van der Waals surface area contributed by atoms with E-state index in [0.29, 0.717) is 0 Å². The minimum Gasteiger partial charge on any atom is -1.00 e. The summed E-state index contributed by atoms with van der Waals surface area (Å²) in [7, 11) is 1.42. The van der Waals surface area contributed by atoms with Crippen molar-refractivity contribution >= 4 is 45.9 Å². The fourth-order valence-corrected chi connectivity index (χ4v) is 0. The Kier molecular flexibility index (Phi) is 6.57. The molecule has 0 aromatic rings. The molecule has 7 heavy (non-hydrogen) atoms. The minimum absolute atomic E-state index is 0. The molecule has 0 aliphatic rings. The molecule has 0 aliphatic heterocycles. The Hall–Kier alpha value is 1.24. The summed E-state index contributed by atoms with van der Waals surface area (Å²) in [5.41, 5.74) is 0. The van der Waals surface area contributed by atoms with Gasteiger partial charge in [-0.05, 0) is 0 Å². The van der Waals surface area contributed by atoms with Crippen molar-refractivity contribution in [3.05, 3.63) is 0 Å². The monoisotopic (exact) mass is 204 g/mol. The third-order valence-corrected chi connectivity index (χ3v) is 1.90. The van der Waals surface area contributed by atoms with Gasteiger partial charge in [-0.2, -0.15) is 0 Å². The molecule has 0 aromatic carbocycles. The molecule has 0 spiro atoms. The van der Waals surface area contributed by atoms with Crippen LogP contribution in [0.1, 0.15) is 2.85 Å². The second-order valence-electron chi connectivity index (χ2n) is 0.524. The van der Waals surface area contributed by atoms with Gasteiger partial charge in [0.1, 0.15) is 0 Å². The summed E-state index contributed by atoms with van der Waals surface area (Å²) in [4.78, 5) is 0. The van der Waals surface area contributed by atoms with Crippen molar-refractivity contribution in [2.24, 2.45) is 0 Å². The van der Waals surface area contributed by atoms with Crippen molar-refractivity contribution in [1.82, 2.24) is 0 Å². The molecule has 0 saturated heterocycles. The molecule has 1 unspecified atom stereocenters. The number of rotatable bonds is 1. The molecular weight excluding hydrogens is 198 g/mol. The average Bonchev–Trinajstić information content (AvgIpc) is 1.35. The minimum atomic E-state index is -4.81. The molecule has 0 saturated carbocycles. The topological polar surface area (TPSA) is 63.6 Å². The maximum atomic E-state index is 9.39. The van der Waals surface area contributed by atoms with E-state index in [-0.39, 0.29) is 25.9 Å². The largest absolute Gasteiger partial charge is 2.00 e. The van der Waals surface area contributed by atoms with Crippen LogP contribution in [0.2, 0.25) is 0 Å². The van der Waals surface area contributed by atoms with Gasteiger partial charge in [0.2, 0.25) is 0 Å². The van der Waals surface area contributed by atoms with Crippen LogP contribution >= 0.6 is 9.47 Å². The maximum absolute atomic E-state index is 9.39. The van der Waals surface area contributed by atoms with Crippen LogP contribution in [0.3, 0.4) is 0 Å². The fourth-order valence-electron chi connectivity index (χ4n) is 0. The Bertz CT molecular complexity index is 121. The van der Waals surface area contributed by atoms with Gasteiger partial charge in [0, 0.05) is 0 Å². The molecule has 0 heterocycles. The second-order valence-corrected chi connectivity index (χ2v) is 3.72. The van der Waals surface area contributed by atoms with E-state index >= 15 is 0 Å². The van der Waals surface area contributed by atoms with E-state index in [0.717, 1.165) is 0 Å². The predicted octanol–water partition coefficient (Wildman–Crippen LogP) is -1.07. The first-order valence-electron chi connectivity index (χ1n) is 0.918. The average molecular weight is 203 g/mol. The van der Waals surface area contributed by atoms with Crippen LogP contribution in [0, 0.1) is 0 Å². The van der Waals surface area contributed by atoms with Crippen molar-refractivity contribution in [2.75, 3.05) is 0 Å². The van der Waals surface area contributed by atoms with Crippen molar-refractivity contribution in [3.8, 4) is 0 Å². The summed E-state index contributed by atoms with van der Waals surface area (Å²) < 4.78 is 29.9. The SMILES string of the molecule is O=[Se](=O)(O)OP.[H-].[H-].[Mg+2]. The zero-order valence-electron chi connectivity index (χ0n) is 5.36. The number of hydrogen-bond acceptors (Lipinski definition) is 3. The summed E-state index contributed by atoms with van der Waals surface area (Å²) in [6.45, 7) is 0. The summed E-state index contributed by atoms with van der Waals surface area (Å²) in [5.74, 6) is 0. The van der Waals surface area contributed by atoms with E-state index in [9.17, 15) is 7.67 Å². The molecule has 0 bridgehead atoms. The van der Waals surface area contributed by atoms with Gasteiger partial charge in [0.25, 0.3) is 0 Å². The zero-order valence-corrected chi connectivity index (χ0v) is 7.65. The quantitative estimate of drug-likeness (QED) is 0.435. The molecule has 1 atom stereocenters.